The van der Waals surface area contributed by atoms with Crippen LogP contribution in [0.15, 0.2) is 28.1 Å². The Bertz CT molecular complexity index is 989. The number of fused-ring (bicyclic) bond motifs is 1. The topological polar surface area (TPSA) is 66.9 Å². The predicted octanol–water partition coefficient (Wildman–Crippen LogP) is 3.69. The van der Waals surface area contributed by atoms with Gasteiger partial charge in [-0.15, -0.1) is 11.3 Å². The lowest BCUT2D eigenvalue weighted by Gasteiger charge is -2.34. The summed E-state index contributed by atoms with van der Waals surface area (Å²) in [5.74, 6) is 1.57. The number of carbonyl (C=O) groups excluding carboxylic acids is 1. The summed E-state index contributed by atoms with van der Waals surface area (Å²) < 4.78 is 12.9. The average Bonchev–Trinajstić information content (AvgIpc) is 3.40. The maximum atomic E-state index is 12.2. The third-order valence-electron chi connectivity index (χ3n) is 5.05. The fourth-order valence-corrected chi connectivity index (χ4v) is 5.85. The number of anilines is 1. The molecule has 1 fully saturated rings. The van der Waals surface area contributed by atoms with Crippen molar-refractivity contribution in [3.63, 3.8) is 0 Å². The summed E-state index contributed by atoms with van der Waals surface area (Å²) in [5, 5.41) is 3.99. The number of ether oxygens (including phenoxy) is 2. The molecular weight excluding hydrogens is 488 g/mol. The van der Waals surface area contributed by atoms with Gasteiger partial charge in [-0.25, -0.2) is 4.98 Å². The minimum Gasteiger partial charge on any atom is -0.495 e. The molecule has 1 aliphatic heterocycles. The Hall–Kier alpha value is -1.88. The van der Waals surface area contributed by atoms with Gasteiger partial charge in [0, 0.05) is 39.3 Å². The second-order valence-electron chi connectivity index (χ2n) is 6.83. The van der Waals surface area contributed by atoms with E-state index in [0.29, 0.717) is 6.54 Å². The fraction of sp³-hybridized carbons (Fsp3) is 0.400. The normalized spacial score (nSPS) is 14.8. The molecule has 4 rings (SSSR count). The maximum absolute atomic E-state index is 12.2. The van der Waals surface area contributed by atoms with Crippen molar-refractivity contribution in [1.82, 2.24) is 15.2 Å². The molecule has 30 heavy (non-hydrogen) atoms. The molecule has 0 radical (unpaired) electrons. The number of hydrogen-bond donors (Lipinski definition) is 1. The van der Waals surface area contributed by atoms with Gasteiger partial charge in [0.2, 0.25) is 0 Å². The minimum atomic E-state index is -0.0123. The Morgan fingerprint density at radius 2 is 1.83 bits per heavy atom. The van der Waals surface area contributed by atoms with E-state index in [0.717, 1.165) is 68.2 Å². The summed E-state index contributed by atoms with van der Waals surface area (Å²) in [6.07, 6.45) is 0. The van der Waals surface area contributed by atoms with Gasteiger partial charge in [0.15, 0.2) is 5.13 Å². The van der Waals surface area contributed by atoms with Gasteiger partial charge >= 0.3 is 0 Å². The number of thiophene rings is 1. The van der Waals surface area contributed by atoms with Crippen LogP contribution >= 0.6 is 38.6 Å². The minimum absolute atomic E-state index is 0.0123. The molecule has 1 N–H and O–H groups in total. The predicted molar refractivity (Wildman–Crippen MR) is 126 cm³/mol. The van der Waals surface area contributed by atoms with Gasteiger partial charge in [-0.1, -0.05) is 11.3 Å². The number of halogens is 1. The molecule has 0 saturated carbocycles. The van der Waals surface area contributed by atoms with Crippen molar-refractivity contribution in [1.29, 1.82) is 0 Å². The first kappa shape index (κ1) is 21.4. The van der Waals surface area contributed by atoms with Crippen LogP contribution in [0.5, 0.6) is 11.5 Å². The number of nitrogens with zero attached hydrogens (tertiary/aromatic N) is 3. The molecule has 1 aromatic carbocycles. The molecule has 0 aliphatic carbocycles. The monoisotopic (exact) mass is 510 g/mol. The lowest BCUT2D eigenvalue weighted by molar-refractivity contribution is 0.0952. The van der Waals surface area contributed by atoms with E-state index in [4.69, 9.17) is 14.5 Å². The van der Waals surface area contributed by atoms with E-state index in [9.17, 15) is 4.79 Å². The van der Waals surface area contributed by atoms with Crippen LogP contribution in [0.1, 0.15) is 9.67 Å². The van der Waals surface area contributed by atoms with Crippen LogP contribution in [-0.4, -0.2) is 69.3 Å². The standard InChI is InChI=1S/C20H23BrN4O3S2/c1-27-13-3-4-14(28-2)18-17(13)23-20(30-18)25-11-9-24(10-12-25)8-7-22-19(26)15-5-6-16(21)29-15/h3-6H,7-12H2,1-2H3,(H,22,26). The summed E-state index contributed by atoms with van der Waals surface area (Å²) in [7, 11) is 3.34. The summed E-state index contributed by atoms with van der Waals surface area (Å²) in [6, 6.07) is 7.55. The molecule has 2 aromatic heterocycles. The number of aromatic nitrogens is 1. The Balaban J connectivity index is 1.32. The number of benzene rings is 1. The van der Waals surface area contributed by atoms with Crippen LogP contribution in [0.2, 0.25) is 0 Å². The van der Waals surface area contributed by atoms with Gasteiger partial charge in [-0.3, -0.25) is 9.69 Å². The molecule has 3 aromatic rings. The van der Waals surface area contributed by atoms with Crippen LogP contribution in [0.3, 0.4) is 0 Å². The third-order valence-corrected chi connectivity index (χ3v) is 7.81. The molecule has 160 valence electrons. The molecule has 1 aliphatic rings. The summed E-state index contributed by atoms with van der Waals surface area (Å²) >= 11 is 6.48. The average molecular weight is 511 g/mol. The molecule has 0 spiro atoms. The van der Waals surface area contributed by atoms with Crippen molar-refractivity contribution in [2.75, 3.05) is 58.4 Å². The molecule has 0 unspecified atom stereocenters. The number of nitrogens with one attached hydrogen (secondary N) is 1. The Morgan fingerprint density at radius 1 is 1.10 bits per heavy atom. The summed E-state index contributed by atoms with van der Waals surface area (Å²) in [6.45, 7) is 5.15. The molecule has 3 heterocycles. The second kappa shape index (κ2) is 9.51. The van der Waals surface area contributed by atoms with Crippen molar-refractivity contribution in [2.24, 2.45) is 0 Å². The third kappa shape index (κ3) is 4.56. The van der Waals surface area contributed by atoms with Gasteiger partial charge in [-0.05, 0) is 40.2 Å². The highest BCUT2D eigenvalue weighted by Crippen LogP contribution is 2.40. The number of methoxy groups -OCH3 is 2. The number of piperazine rings is 1. The zero-order valence-corrected chi connectivity index (χ0v) is 20.0. The number of rotatable bonds is 7. The number of thiazole rings is 1. The molecule has 1 amide bonds. The largest absolute Gasteiger partial charge is 0.495 e. The Labute approximate surface area is 191 Å². The zero-order valence-electron chi connectivity index (χ0n) is 16.8. The van der Waals surface area contributed by atoms with E-state index in [-0.39, 0.29) is 5.91 Å². The van der Waals surface area contributed by atoms with Crippen molar-refractivity contribution < 1.29 is 14.3 Å². The molecule has 0 atom stereocenters. The van der Waals surface area contributed by atoms with Gasteiger partial charge in [0.05, 0.1) is 22.9 Å². The smallest absolute Gasteiger partial charge is 0.261 e. The van der Waals surface area contributed by atoms with Crippen molar-refractivity contribution in [3.05, 3.63) is 32.9 Å². The maximum Gasteiger partial charge on any atom is 0.261 e. The second-order valence-corrected chi connectivity index (χ2v) is 10.3. The van der Waals surface area contributed by atoms with Crippen LogP contribution < -0.4 is 19.7 Å². The Morgan fingerprint density at radius 3 is 2.50 bits per heavy atom. The quantitative estimate of drug-likeness (QED) is 0.522. The van der Waals surface area contributed by atoms with Crippen LogP contribution in [-0.2, 0) is 0 Å². The molecular formula is C20H23BrN4O3S2. The van der Waals surface area contributed by atoms with Crippen molar-refractivity contribution in [2.45, 2.75) is 0 Å². The number of hydrogen-bond acceptors (Lipinski definition) is 8. The van der Waals surface area contributed by atoms with Gasteiger partial charge in [-0.2, -0.15) is 0 Å². The molecule has 7 nitrogen and oxygen atoms in total. The van der Waals surface area contributed by atoms with Crippen molar-refractivity contribution >= 4 is 59.9 Å². The van der Waals surface area contributed by atoms with E-state index in [1.54, 1.807) is 25.6 Å². The number of carbonyl (C=O) groups is 1. The highest BCUT2D eigenvalue weighted by Gasteiger charge is 2.22. The summed E-state index contributed by atoms with van der Waals surface area (Å²) in [5.41, 5.74) is 0.849. The fourth-order valence-electron chi connectivity index (χ4n) is 3.42. The van der Waals surface area contributed by atoms with Crippen LogP contribution in [0.25, 0.3) is 10.2 Å². The molecule has 1 saturated heterocycles. The van der Waals surface area contributed by atoms with E-state index < -0.39 is 0 Å². The Kier molecular flexibility index (Phi) is 6.77. The molecule has 0 bridgehead atoms. The lowest BCUT2D eigenvalue weighted by Crippen LogP contribution is -2.48. The first-order valence-corrected chi connectivity index (χ1v) is 12.0. The van der Waals surface area contributed by atoms with E-state index >= 15 is 0 Å². The zero-order chi connectivity index (χ0) is 21.1. The first-order valence-electron chi connectivity index (χ1n) is 9.61. The summed E-state index contributed by atoms with van der Waals surface area (Å²) in [4.78, 5) is 22.4. The van der Waals surface area contributed by atoms with Gasteiger partial charge in [0.25, 0.3) is 5.91 Å². The highest BCUT2D eigenvalue weighted by atomic mass is 79.9. The highest BCUT2D eigenvalue weighted by molar-refractivity contribution is 9.11. The first-order chi connectivity index (χ1) is 14.6. The number of amides is 1. The van der Waals surface area contributed by atoms with Gasteiger partial charge in [0.1, 0.15) is 21.7 Å². The van der Waals surface area contributed by atoms with Gasteiger partial charge < -0.3 is 19.7 Å². The van der Waals surface area contributed by atoms with Crippen molar-refractivity contribution in [3.8, 4) is 11.5 Å². The SMILES string of the molecule is COc1ccc(OC)c2sc(N3CCN(CCNC(=O)c4ccc(Br)s4)CC3)nc12. The molecule has 10 heteroatoms. The van der Waals surface area contributed by atoms with Crippen LogP contribution in [0.4, 0.5) is 5.13 Å². The van der Waals surface area contributed by atoms with E-state index in [2.05, 4.69) is 31.0 Å². The van der Waals surface area contributed by atoms with E-state index in [1.807, 2.05) is 24.3 Å². The lowest BCUT2D eigenvalue weighted by atomic mass is 10.3. The van der Waals surface area contributed by atoms with E-state index in [1.165, 1.54) is 11.3 Å². The van der Waals surface area contributed by atoms with Crippen LogP contribution in [0, 0.1) is 0 Å².